The monoisotopic (exact) mass is 143 g/mol. The van der Waals surface area contributed by atoms with Gasteiger partial charge in [-0.15, -0.1) is 0 Å². The van der Waals surface area contributed by atoms with Crippen LogP contribution in [0.15, 0.2) is 12.7 Å². The van der Waals surface area contributed by atoms with Crippen LogP contribution in [0, 0.1) is 0 Å². The number of nitrogens with two attached hydrogens (primary N) is 1. The van der Waals surface area contributed by atoms with Crippen molar-refractivity contribution in [3.05, 3.63) is 12.7 Å². The lowest BCUT2D eigenvalue weighted by Gasteiger charge is -1.96. The van der Waals surface area contributed by atoms with Crippen molar-refractivity contribution in [3.63, 3.8) is 0 Å². The normalized spacial score (nSPS) is 8.40. The molecule has 0 aliphatic carbocycles. The maximum absolute atomic E-state index is 10.4. The third kappa shape index (κ3) is 4.83. The first-order chi connectivity index (χ1) is 4.66. The van der Waals surface area contributed by atoms with Gasteiger partial charge in [-0.25, -0.2) is 4.79 Å². The summed E-state index contributed by atoms with van der Waals surface area (Å²) in [6, 6.07) is 0. The zero-order valence-electron chi connectivity index (χ0n) is 5.50. The molecule has 0 saturated heterocycles. The molecule has 0 fully saturated rings. The van der Waals surface area contributed by atoms with Gasteiger partial charge in [0.15, 0.2) is 5.78 Å². The number of amides is 1. The molecule has 0 bridgehead atoms. The lowest BCUT2D eigenvalue weighted by molar-refractivity contribution is -0.115. The van der Waals surface area contributed by atoms with E-state index >= 15 is 0 Å². The summed E-state index contributed by atoms with van der Waals surface area (Å²) in [5, 5.41) is 0. The number of hydrogen-bond acceptors (Lipinski definition) is 3. The van der Waals surface area contributed by atoms with Crippen LogP contribution < -0.4 is 5.73 Å². The van der Waals surface area contributed by atoms with Crippen LogP contribution in [-0.4, -0.2) is 18.5 Å². The third-order valence-corrected chi connectivity index (χ3v) is 0.820. The SMILES string of the molecule is C=CC(=O)CCOC(N)=O. The molecule has 0 aliphatic heterocycles. The standard InChI is InChI=1S/C6H9NO3/c1-2-5(8)3-4-10-6(7)9/h2H,1,3-4H2,(H2,7,9). The van der Waals surface area contributed by atoms with Crippen LogP contribution in [-0.2, 0) is 9.53 Å². The quantitative estimate of drug-likeness (QED) is 0.572. The highest BCUT2D eigenvalue weighted by atomic mass is 16.5. The molecule has 4 nitrogen and oxygen atoms in total. The number of rotatable bonds is 4. The predicted octanol–water partition coefficient (Wildman–Crippen LogP) is 0.227. The van der Waals surface area contributed by atoms with Crippen molar-refractivity contribution in [2.24, 2.45) is 5.73 Å². The molecule has 0 aromatic heterocycles. The summed E-state index contributed by atoms with van der Waals surface area (Å²) in [7, 11) is 0. The lowest BCUT2D eigenvalue weighted by atomic mass is 10.3. The Morgan fingerprint density at radius 3 is 2.60 bits per heavy atom. The highest BCUT2D eigenvalue weighted by Gasteiger charge is 1.97. The number of carbonyl (C=O) groups excluding carboxylic acids is 2. The van der Waals surface area contributed by atoms with E-state index in [1.165, 1.54) is 6.08 Å². The van der Waals surface area contributed by atoms with Crippen molar-refractivity contribution in [1.29, 1.82) is 0 Å². The van der Waals surface area contributed by atoms with Gasteiger partial charge >= 0.3 is 6.09 Å². The molecule has 0 saturated carbocycles. The van der Waals surface area contributed by atoms with E-state index in [2.05, 4.69) is 17.0 Å². The molecule has 0 aliphatic rings. The van der Waals surface area contributed by atoms with Crippen LogP contribution >= 0.6 is 0 Å². The molecule has 0 rings (SSSR count). The van der Waals surface area contributed by atoms with Crippen molar-refractivity contribution in [2.45, 2.75) is 6.42 Å². The first-order valence-electron chi connectivity index (χ1n) is 2.74. The van der Waals surface area contributed by atoms with E-state index in [0.717, 1.165) is 0 Å². The zero-order valence-corrected chi connectivity index (χ0v) is 5.50. The summed E-state index contributed by atoms with van der Waals surface area (Å²) in [6.07, 6.45) is 0.452. The van der Waals surface area contributed by atoms with Crippen molar-refractivity contribution in [3.8, 4) is 0 Å². The first kappa shape index (κ1) is 8.68. The fourth-order valence-electron chi connectivity index (χ4n) is 0.354. The van der Waals surface area contributed by atoms with Gasteiger partial charge in [0.2, 0.25) is 0 Å². The fourth-order valence-corrected chi connectivity index (χ4v) is 0.354. The number of ether oxygens (including phenoxy) is 1. The molecular formula is C6H9NO3. The minimum atomic E-state index is -0.864. The number of carbonyl (C=O) groups is 2. The van der Waals surface area contributed by atoms with Gasteiger partial charge in [0, 0.05) is 6.42 Å². The molecule has 0 heterocycles. The van der Waals surface area contributed by atoms with Gasteiger partial charge < -0.3 is 10.5 Å². The second-order valence-electron chi connectivity index (χ2n) is 1.59. The molecule has 4 heteroatoms. The maximum atomic E-state index is 10.4. The molecule has 0 radical (unpaired) electrons. The molecule has 0 atom stereocenters. The summed E-state index contributed by atoms with van der Waals surface area (Å²) in [5.74, 6) is -0.166. The molecule has 56 valence electrons. The molecule has 0 spiro atoms. The number of allylic oxidation sites excluding steroid dienone is 1. The molecular weight excluding hydrogens is 134 g/mol. The van der Waals surface area contributed by atoms with Crippen LogP contribution in [0.25, 0.3) is 0 Å². The van der Waals surface area contributed by atoms with E-state index < -0.39 is 6.09 Å². The Kier molecular flexibility index (Phi) is 3.95. The van der Waals surface area contributed by atoms with Crippen LogP contribution in [0.2, 0.25) is 0 Å². The van der Waals surface area contributed by atoms with Crippen molar-refractivity contribution in [2.75, 3.05) is 6.61 Å². The molecule has 0 aromatic rings. The van der Waals surface area contributed by atoms with Crippen LogP contribution in [0.4, 0.5) is 4.79 Å². The number of primary amides is 1. The highest BCUT2D eigenvalue weighted by molar-refractivity contribution is 5.89. The van der Waals surface area contributed by atoms with E-state index in [-0.39, 0.29) is 18.8 Å². The topological polar surface area (TPSA) is 69.4 Å². The van der Waals surface area contributed by atoms with Gasteiger partial charge in [-0.2, -0.15) is 0 Å². The number of ketones is 1. The smallest absolute Gasteiger partial charge is 0.404 e. The molecule has 0 aromatic carbocycles. The average Bonchev–Trinajstić information content (AvgIpc) is 1.87. The van der Waals surface area contributed by atoms with Gasteiger partial charge in [0.05, 0.1) is 0 Å². The Hall–Kier alpha value is -1.32. The average molecular weight is 143 g/mol. The fraction of sp³-hybridized carbons (Fsp3) is 0.333. The second kappa shape index (κ2) is 4.55. The zero-order chi connectivity index (χ0) is 7.98. The Labute approximate surface area is 58.7 Å². The summed E-state index contributed by atoms with van der Waals surface area (Å²) >= 11 is 0. The minimum absolute atomic E-state index is 0.0280. The number of hydrogen-bond donors (Lipinski definition) is 1. The third-order valence-electron chi connectivity index (χ3n) is 0.820. The predicted molar refractivity (Wildman–Crippen MR) is 35.4 cm³/mol. The summed E-state index contributed by atoms with van der Waals surface area (Å²) in [4.78, 5) is 20.4. The molecule has 1 amide bonds. The van der Waals surface area contributed by atoms with Crippen molar-refractivity contribution < 1.29 is 14.3 Å². The summed E-state index contributed by atoms with van der Waals surface area (Å²) in [5.41, 5.74) is 4.62. The Morgan fingerprint density at radius 2 is 2.20 bits per heavy atom. The lowest BCUT2D eigenvalue weighted by Crippen LogP contribution is -2.14. The Morgan fingerprint density at radius 1 is 1.60 bits per heavy atom. The molecule has 0 unspecified atom stereocenters. The van der Waals surface area contributed by atoms with Gasteiger partial charge in [-0.1, -0.05) is 6.58 Å². The minimum Gasteiger partial charge on any atom is -0.449 e. The molecule has 2 N–H and O–H groups in total. The molecule has 10 heavy (non-hydrogen) atoms. The second-order valence-corrected chi connectivity index (χ2v) is 1.59. The van der Waals surface area contributed by atoms with E-state index in [1.54, 1.807) is 0 Å². The Balaban J connectivity index is 3.28. The van der Waals surface area contributed by atoms with Gasteiger partial charge in [0.1, 0.15) is 6.61 Å². The van der Waals surface area contributed by atoms with E-state index in [0.29, 0.717) is 0 Å². The summed E-state index contributed by atoms with van der Waals surface area (Å²) < 4.78 is 4.28. The van der Waals surface area contributed by atoms with E-state index in [1.807, 2.05) is 0 Å². The Bertz CT molecular complexity index is 153. The van der Waals surface area contributed by atoms with Gasteiger partial charge in [0.25, 0.3) is 0 Å². The van der Waals surface area contributed by atoms with Crippen LogP contribution in [0.5, 0.6) is 0 Å². The largest absolute Gasteiger partial charge is 0.449 e. The van der Waals surface area contributed by atoms with Crippen LogP contribution in [0.1, 0.15) is 6.42 Å². The van der Waals surface area contributed by atoms with Crippen LogP contribution in [0.3, 0.4) is 0 Å². The van der Waals surface area contributed by atoms with Crippen molar-refractivity contribution in [1.82, 2.24) is 0 Å². The first-order valence-corrected chi connectivity index (χ1v) is 2.74. The summed E-state index contributed by atoms with van der Waals surface area (Å²) in [6.45, 7) is 3.27. The maximum Gasteiger partial charge on any atom is 0.404 e. The van der Waals surface area contributed by atoms with E-state index in [4.69, 9.17) is 0 Å². The van der Waals surface area contributed by atoms with Crippen molar-refractivity contribution >= 4 is 11.9 Å². The van der Waals surface area contributed by atoms with Gasteiger partial charge in [-0.05, 0) is 6.08 Å². The highest BCUT2D eigenvalue weighted by Crippen LogP contribution is 1.85. The van der Waals surface area contributed by atoms with E-state index in [9.17, 15) is 9.59 Å². The van der Waals surface area contributed by atoms with Gasteiger partial charge in [-0.3, -0.25) is 4.79 Å².